The lowest BCUT2D eigenvalue weighted by atomic mass is 10.1. The maximum absolute atomic E-state index is 12.7. The molecule has 1 aliphatic heterocycles. The van der Waals surface area contributed by atoms with Crippen LogP contribution in [0.25, 0.3) is 0 Å². The fourth-order valence-electron chi connectivity index (χ4n) is 4.00. The van der Waals surface area contributed by atoms with Gasteiger partial charge in [0.2, 0.25) is 5.91 Å². The van der Waals surface area contributed by atoms with Gasteiger partial charge < -0.3 is 16.0 Å². The summed E-state index contributed by atoms with van der Waals surface area (Å²) in [6.45, 7) is -0.0509. The smallest absolute Gasteiger partial charge is 0.326 e. The summed E-state index contributed by atoms with van der Waals surface area (Å²) in [6.07, 6.45) is 6.87. The number of rotatable bonds is 3. The van der Waals surface area contributed by atoms with Crippen molar-refractivity contribution in [2.45, 2.75) is 44.6 Å². The predicted octanol–water partition coefficient (Wildman–Crippen LogP) is 4.13. The highest BCUT2D eigenvalue weighted by Crippen LogP contribution is 2.29. The zero-order chi connectivity index (χ0) is 20.9. The van der Waals surface area contributed by atoms with E-state index in [1.165, 1.54) is 17.7 Å². The number of amides is 4. The standard InChI is InChI=1S/C23H26N4O3/c28-21-15-27(20-10-6-5-9-19(20)26-21)23(30)25-18-13-11-16(12-14-18)22(29)24-17-7-3-1-2-4-8-17/h5-6,9-14,17H,1-4,7-8,15H2,(H,24,29)(H,25,30)(H,26,28). The Balaban J connectivity index is 1.39. The third-order valence-corrected chi connectivity index (χ3v) is 5.60. The first kappa shape index (κ1) is 19.9. The fourth-order valence-corrected chi connectivity index (χ4v) is 4.00. The molecule has 156 valence electrons. The van der Waals surface area contributed by atoms with Crippen molar-refractivity contribution in [3.63, 3.8) is 0 Å². The number of carbonyl (C=O) groups excluding carboxylic acids is 3. The minimum Gasteiger partial charge on any atom is -0.349 e. The van der Waals surface area contributed by atoms with E-state index < -0.39 is 6.03 Å². The molecule has 0 spiro atoms. The van der Waals surface area contributed by atoms with Crippen molar-refractivity contribution in [1.82, 2.24) is 5.32 Å². The summed E-state index contributed by atoms with van der Waals surface area (Å²) in [4.78, 5) is 38.6. The number of fused-ring (bicyclic) bond motifs is 1. The van der Waals surface area contributed by atoms with Gasteiger partial charge in [-0.1, -0.05) is 37.8 Å². The van der Waals surface area contributed by atoms with E-state index in [1.807, 2.05) is 6.07 Å². The average Bonchev–Trinajstić information content (AvgIpc) is 3.02. The summed E-state index contributed by atoms with van der Waals surface area (Å²) in [5.74, 6) is -0.323. The molecule has 1 aliphatic carbocycles. The topological polar surface area (TPSA) is 90.5 Å². The fraction of sp³-hybridized carbons (Fsp3) is 0.348. The average molecular weight is 406 g/mol. The van der Waals surface area contributed by atoms with Crippen LogP contribution in [0.15, 0.2) is 48.5 Å². The molecular formula is C23H26N4O3. The molecule has 3 N–H and O–H groups in total. The minimum absolute atomic E-state index is 0.0509. The van der Waals surface area contributed by atoms with Gasteiger partial charge in [-0.15, -0.1) is 0 Å². The quantitative estimate of drug-likeness (QED) is 0.670. The van der Waals surface area contributed by atoms with Crippen molar-refractivity contribution < 1.29 is 14.4 Å². The molecule has 4 rings (SSSR count). The van der Waals surface area contributed by atoms with E-state index in [0.29, 0.717) is 22.6 Å². The molecule has 0 saturated heterocycles. The Labute approximate surface area is 175 Å². The molecule has 0 aromatic heterocycles. The van der Waals surface area contributed by atoms with E-state index in [2.05, 4.69) is 16.0 Å². The van der Waals surface area contributed by atoms with Crippen molar-refractivity contribution in [1.29, 1.82) is 0 Å². The predicted molar refractivity (Wildman–Crippen MR) is 117 cm³/mol. The van der Waals surface area contributed by atoms with Gasteiger partial charge in [0, 0.05) is 17.3 Å². The van der Waals surface area contributed by atoms with Gasteiger partial charge in [-0.05, 0) is 49.2 Å². The number of hydrogen-bond acceptors (Lipinski definition) is 3. The van der Waals surface area contributed by atoms with Gasteiger partial charge in [0.25, 0.3) is 5.91 Å². The van der Waals surface area contributed by atoms with Crippen LogP contribution in [0, 0.1) is 0 Å². The molecule has 2 aromatic carbocycles. The van der Waals surface area contributed by atoms with Gasteiger partial charge in [-0.3, -0.25) is 14.5 Å². The van der Waals surface area contributed by atoms with Crippen molar-refractivity contribution in [3.8, 4) is 0 Å². The van der Waals surface area contributed by atoms with E-state index >= 15 is 0 Å². The second kappa shape index (κ2) is 8.98. The normalized spacial score (nSPS) is 16.8. The van der Waals surface area contributed by atoms with Crippen LogP contribution < -0.4 is 20.9 Å². The van der Waals surface area contributed by atoms with Gasteiger partial charge in [0.15, 0.2) is 0 Å². The van der Waals surface area contributed by atoms with E-state index in [4.69, 9.17) is 0 Å². The number of benzene rings is 2. The number of urea groups is 1. The van der Waals surface area contributed by atoms with E-state index in [-0.39, 0.29) is 24.4 Å². The molecular weight excluding hydrogens is 380 g/mol. The third kappa shape index (κ3) is 4.62. The Morgan fingerprint density at radius 2 is 1.63 bits per heavy atom. The molecule has 0 bridgehead atoms. The molecule has 0 unspecified atom stereocenters. The van der Waals surface area contributed by atoms with E-state index in [0.717, 1.165) is 25.7 Å². The molecule has 7 heteroatoms. The SMILES string of the molecule is O=C1CN(C(=O)Nc2ccc(C(=O)NC3CCCCCC3)cc2)c2ccccc2N1. The summed E-state index contributed by atoms with van der Waals surface area (Å²) in [5.41, 5.74) is 2.39. The number of para-hydroxylation sites is 2. The van der Waals surface area contributed by atoms with Gasteiger partial charge in [-0.2, -0.15) is 0 Å². The van der Waals surface area contributed by atoms with Gasteiger partial charge >= 0.3 is 6.03 Å². The van der Waals surface area contributed by atoms with Crippen LogP contribution in [0.2, 0.25) is 0 Å². The first-order valence-electron chi connectivity index (χ1n) is 10.5. The van der Waals surface area contributed by atoms with Crippen molar-refractivity contribution >= 4 is 34.9 Å². The zero-order valence-electron chi connectivity index (χ0n) is 16.8. The van der Waals surface area contributed by atoms with Crippen molar-refractivity contribution in [3.05, 3.63) is 54.1 Å². The first-order chi connectivity index (χ1) is 14.6. The lowest BCUT2D eigenvalue weighted by molar-refractivity contribution is -0.115. The molecule has 0 atom stereocenters. The second-order valence-corrected chi connectivity index (χ2v) is 7.82. The number of anilines is 3. The molecule has 0 radical (unpaired) electrons. The molecule has 4 amide bonds. The van der Waals surface area contributed by atoms with Crippen LogP contribution in [-0.4, -0.2) is 30.4 Å². The third-order valence-electron chi connectivity index (χ3n) is 5.60. The zero-order valence-corrected chi connectivity index (χ0v) is 16.8. The summed E-state index contributed by atoms with van der Waals surface area (Å²) >= 11 is 0. The maximum Gasteiger partial charge on any atom is 0.326 e. The van der Waals surface area contributed by atoms with Gasteiger partial charge in [0.05, 0.1) is 11.4 Å². The van der Waals surface area contributed by atoms with Gasteiger partial charge in [-0.25, -0.2) is 4.79 Å². The Kier molecular flexibility index (Phi) is 5.97. The Hall–Kier alpha value is -3.35. The number of nitrogens with one attached hydrogen (secondary N) is 3. The number of nitrogens with zero attached hydrogens (tertiary/aromatic N) is 1. The minimum atomic E-state index is -0.395. The number of carbonyl (C=O) groups is 3. The van der Waals surface area contributed by atoms with Crippen molar-refractivity contribution in [2.24, 2.45) is 0 Å². The molecule has 1 heterocycles. The van der Waals surface area contributed by atoms with Crippen LogP contribution in [0.5, 0.6) is 0 Å². The van der Waals surface area contributed by atoms with Crippen LogP contribution in [0.4, 0.5) is 21.9 Å². The van der Waals surface area contributed by atoms with Crippen LogP contribution in [-0.2, 0) is 4.79 Å². The second-order valence-electron chi connectivity index (χ2n) is 7.82. The number of hydrogen-bond donors (Lipinski definition) is 3. The molecule has 7 nitrogen and oxygen atoms in total. The molecule has 2 aliphatic rings. The highest BCUT2D eigenvalue weighted by atomic mass is 16.2. The van der Waals surface area contributed by atoms with E-state index in [1.54, 1.807) is 42.5 Å². The van der Waals surface area contributed by atoms with Crippen LogP contribution in [0.3, 0.4) is 0 Å². The largest absolute Gasteiger partial charge is 0.349 e. The summed E-state index contributed by atoms with van der Waals surface area (Å²) in [6, 6.07) is 13.8. The summed E-state index contributed by atoms with van der Waals surface area (Å²) < 4.78 is 0. The lowest BCUT2D eigenvalue weighted by Gasteiger charge is -2.29. The monoisotopic (exact) mass is 406 g/mol. The molecule has 2 aromatic rings. The summed E-state index contributed by atoms with van der Waals surface area (Å²) in [5, 5.41) is 8.69. The lowest BCUT2D eigenvalue weighted by Crippen LogP contribution is -2.44. The highest BCUT2D eigenvalue weighted by molar-refractivity contribution is 6.12. The Morgan fingerprint density at radius 1 is 0.933 bits per heavy atom. The highest BCUT2D eigenvalue weighted by Gasteiger charge is 2.26. The molecule has 1 saturated carbocycles. The summed E-state index contributed by atoms with van der Waals surface area (Å²) in [7, 11) is 0. The van der Waals surface area contributed by atoms with Crippen molar-refractivity contribution in [2.75, 3.05) is 22.1 Å². The Morgan fingerprint density at radius 3 is 2.37 bits per heavy atom. The van der Waals surface area contributed by atoms with Crippen LogP contribution >= 0.6 is 0 Å². The maximum atomic E-state index is 12.7. The molecule has 1 fully saturated rings. The van der Waals surface area contributed by atoms with E-state index in [9.17, 15) is 14.4 Å². The van der Waals surface area contributed by atoms with Gasteiger partial charge in [0.1, 0.15) is 6.54 Å². The molecule has 30 heavy (non-hydrogen) atoms. The Bertz CT molecular complexity index is 934. The van der Waals surface area contributed by atoms with Crippen LogP contribution in [0.1, 0.15) is 48.9 Å². The first-order valence-corrected chi connectivity index (χ1v) is 10.5.